The Balaban J connectivity index is 2.69. The Kier molecular flexibility index (Phi) is 4.47. The van der Waals surface area contributed by atoms with Gasteiger partial charge in [-0.3, -0.25) is 5.32 Å². The van der Waals surface area contributed by atoms with Gasteiger partial charge < -0.3 is 10.5 Å². The number of anilines is 2. The number of ether oxygens (including phenoxy) is 1. The normalized spacial score (nSPS) is 11.1. The molecule has 6 heteroatoms. The van der Waals surface area contributed by atoms with Crippen molar-refractivity contribution in [2.45, 2.75) is 46.1 Å². The molecule has 0 bridgehead atoms. The first-order valence-electron chi connectivity index (χ1n) is 5.93. The summed E-state index contributed by atoms with van der Waals surface area (Å²) in [4.78, 5) is 19.5. The summed E-state index contributed by atoms with van der Waals surface area (Å²) in [7, 11) is 0. The molecule has 0 atom stereocenters. The van der Waals surface area contributed by atoms with Gasteiger partial charge in [-0.2, -0.15) is 4.98 Å². The fourth-order valence-corrected chi connectivity index (χ4v) is 1.34. The van der Waals surface area contributed by atoms with E-state index in [0.29, 0.717) is 5.82 Å². The number of nitrogens with two attached hydrogens (primary N) is 1. The fraction of sp³-hybridized carbons (Fsp3) is 0.583. The van der Waals surface area contributed by atoms with E-state index in [1.54, 1.807) is 27.0 Å². The average Bonchev–Trinajstić information content (AvgIpc) is 2.19. The average molecular weight is 252 g/mol. The number of amides is 1. The zero-order valence-corrected chi connectivity index (χ0v) is 11.3. The van der Waals surface area contributed by atoms with Crippen molar-refractivity contribution < 1.29 is 9.53 Å². The van der Waals surface area contributed by atoms with Gasteiger partial charge in [0, 0.05) is 11.8 Å². The number of aryl methyl sites for hydroxylation is 1. The van der Waals surface area contributed by atoms with Crippen LogP contribution in [0.25, 0.3) is 0 Å². The number of nitrogen functional groups attached to an aromatic ring is 1. The van der Waals surface area contributed by atoms with Crippen molar-refractivity contribution in [2.24, 2.45) is 0 Å². The van der Waals surface area contributed by atoms with Gasteiger partial charge in [-0.25, -0.2) is 9.78 Å². The molecule has 0 unspecified atom stereocenters. The summed E-state index contributed by atoms with van der Waals surface area (Å²) in [5, 5.41) is 2.45. The molecule has 0 aliphatic heterocycles. The van der Waals surface area contributed by atoms with Gasteiger partial charge in [0.25, 0.3) is 0 Å². The molecule has 1 heterocycles. The second-order valence-electron chi connectivity index (χ2n) is 4.98. The van der Waals surface area contributed by atoms with Crippen LogP contribution in [0.3, 0.4) is 0 Å². The van der Waals surface area contributed by atoms with Crippen molar-refractivity contribution in [1.82, 2.24) is 9.97 Å². The molecule has 100 valence electrons. The van der Waals surface area contributed by atoms with Crippen LogP contribution in [0.15, 0.2) is 6.20 Å². The number of carbonyl (C=O) groups excluding carboxylic acids is 1. The molecule has 18 heavy (non-hydrogen) atoms. The molecule has 0 aliphatic rings. The highest BCUT2D eigenvalue weighted by Crippen LogP contribution is 2.13. The first-order chi connectivity index (χ1) is 8.31. The third-order valence-corrected chi connectivity index (χ3v) is 2.03. The molecule has 0 saturated carbocycles. The summed E-state index contributed by atoms with van der Waals surface area (Å²) in [6, 6.07) is 0. The predicted molar refractivity (Wildman–Crippen MR) is 70.3 cm³/mol. The topological polar surface area (TPSA) is 90.1 Å². The number of nitrogens with one attached hydrogen (secondary N) is 1. The van der Waals surface area contributed by atoms with Gasteiger partial charge in [0.05, 0.1) is 0 Å². The Bertz CT molecular complexity index is 427. The third kappa shape index (κ3) is 4.57. The molecule has 0 fully saturated rings. The Hall–Kier alpha value is -1.85. The minimum Gasteiger partial charge on any atom is -0.444 e. The van der Waals surface area contributed by atoms with E-state index < -0.39 is 11.7 Å². The quantitative estimate of drug-likeness (QED) is 0.861. The first-order valence-corrected chi connectivity index (χ1v) is 5.93. The molecule has 1 aromatic heterocycles. The van der Waals surface area contributed by atoms with Crippen LogP contribution in [-0.2, 0) is 11.2 Å². The van der Waals surface area contributed by atoms with Crippen molar-refractivity contribution >= 4 is 17.9 Å². The maximum absolute atomic E-state index is 11.5. The number of carbonyl (C=O) groups is 1. The second kappa shape index (κ2) is 5.66. The predicted octanol–water partition coefficient (Wildman–Crippen LogP) is 2.36. The van der Waals surface area contributed by atoms with Crippen molar-refractivity contribution in [2.75, 3.05) is 11.1 Å². The van der Waals surface area contributed by atoms with E-state index in [4.69, 9.17) is 10.5 Å². The van der Waals surface area contributed by atoms with Crippen molar-refractivity contribution in [1.29, 1.82) is 0 Å². The van der Waals surface area contributed by atoms with E-state index in [2.05, 4.69) is 15.3 Å². The van der Waals surface area contributed by atoms with Gasteiger partial charge in [0.1, 0.15) is 11.4 Å². The van der Waals surface area contributed by atoms with Gasteiger partial charge in [0.2, 0.25) is 5.95 Å². The maximum atomic E-state index is 11.5. The van der Waals surface area contributed by atoms with Crippen molar-refractivity contribution in [3.63, 3.8) is 0 Å². The van der Waals surface area contributed by atoms with E-state index in [-0.39, 0.29) is 5.95 Å². The molecular formula is C12H20N4O2. The lowest BCUT2D eigenvalue weighted by atomic mass is 10.2. The van der Waals surface area contributed by atoms with Crippen molar-refractivity contribution in [3.8, 4) is 0 Å². The molecule has 6 nitrogen and oxygen atoms in total. The lowest BCUT2D eigenvalue weighted by Crippen LogP contribution is -2.28. The molecule has 0 saturated heterocycles. The summed E-state index contributed by atoms with van der Waals surface area (Å²) < 4.78 is 5.09. The Labute approximate surface area is 107 Å². The molecule has 1 aromatic rings. The monoisotopic (exact) mass is 252 g/mol. The largest absolute Gasteiger partial charge is 0.444 e. The van der Waals surface area contributed by atoms with Crippen LogP contribution in [-0.4, -0.2) is 21.7 Å². The number of aromatic nitrogens is 2. The number of hydrogen-bond donors (Lipinski definition) is 2. The first kappa shape index (κ1) is 14.2. The van der Waals surface area contributed by atoms with Gasteiger partial charge in [-0.1, -0.05) is 13.3 Å². The van der Waals surface area contributed by atoms with E-state index in [9.17, 15) is 4.79 Å². The van der Waals surface area contributed by atoms with E-state index in [1.807, 2.05) is 6.92 Å². The minimum absolute atomic E-state index is 0.154. The van der Waals surface area contributed by atoms with Crippen LogP contribution in [0.2, 0.25) is 0 Å². The molecule has 0 spiro atoms. The smallest absolute Gasteiger partial charge is 0.414 e. The number of hydrogen-bond acceptors (Lipinski definition) is 5. The zero-order chi connectivity index (χ0) is 13.8. The Morgan fingerprint density at radius 3 is 2.67 bits per heavy atom. The van der Waals surface area contributed by atoms with Gasteiger partial charge in [-0.15, -0.1) is 0 Å². The van der Waals surface area contributed by atoms with E-state index in [1.165, 1.54) is 0 Å². The van der Waals surface area contributed by atoms with E-state index in [0.717, 1.165) is 18.4 Å². The number of rotatable bonds is 3. The summed E-state index contributed by atoms with van der Waals surface area (Å²) in [6.45, 7) is 7.40. The molecule has 1 rings (SSSR count). The van der Waals surface area contributed by atoms with Crippen LogP contribution in [0.4, 0.5) is 16.6 Å². The molecular weight excluding hydrogens is 232 g/mol. The second-order valence-corrected chi connectivity index (χ2v) is 4.98. The van der Waals surface area contributed by atoms with Crippen molar-refractivity contribution in [3.05, 3.63) is 11.8 Å². The standard InChI is InChI=1S/C12H20N4O2/c1-5-6-8-7-14-10(15-9(8)13)16-11(17)18-12(2,3)4/h7H,5-6H2,1-4H3,(H3,13,14,15,16,17). The summed E-state index contributed by atoms with van der Waals surface area (Å²) in [5.74, 6) is 0.541. The van der Waals surface area contributed by atoms with Gasteiger partial charge in [0.15, 0.2) is 0 Å². The molecule has 0 aliphatic carbocycles. The van der Waals surface area contributed by atoms with Gasteiger partial charge in [-0.05, 0) is 27.2 Å². The Morgan fingerprint density at radius 2 is 2.17 bits per heavy atom. The SMILES string of the molecule is CCCc1cnc(NC(=O)OC(C)(C)C)nc1N. The summed E-state index contributed by atoms with van der Waals surface area (Å²) in [5.41, 5.74) is 6.09. The highest BCUT2D eigenvalue weighted by molar-refractivity contribution is 5.82. The molecule has 3 N–H and O–H groups in total. The van der Waals surface area contributed by atoms with Crippen LogP contribution in [0.1, 0.15) is 39.7 Å². The number of nitrogens with zero attached hydrogens (tertiary/aromatic N) is 2. The highest BCUT2D eigenvalue weighted by atomic mass is 16.6. The lowest BCUT2D eigenvalue weighted by molar-refractivity contribution is 0.0634. The van der Waals surface area contributed by atoms with E-state index >= 15 is 0 Å². The fourth-order valence-electron chi connectivity index (χ4n) is 1.34. The summed E-state index contributed by atoms with van der Waals surface area (Å²) >= 11 is 0. The third-order valence-electron chi connectivity index (χ3n) is 2.03. The van der Waals surface area contributed by atoms with Gasteiger partial charge >= 0.3 is 6.09 Å². The lowest BCUT2D eigenvalue weighted by Gasteiger charge is -2.19. The highest BCUT2D eigenvalue weighted by Gasteiger charge is 2.17. The van der Waals surface area contributed by atoms with Crippen LogP contribution < -0.4 is 11.1 Å². The molecule has 0 radical (unpaired) electrons. The Morgan fingerprint density at radius 1 is 1.50 bits per heavy atom. The van der Waals surface area contributed by atoms with Crippen LogP contribution in [0, 0.1) is 0 Å². The maximum Gasteiger partial charge on any atom is 0.414 e. The molecule has 0 aromatic carbocycles. The van der Waals surface area contributed by atoms with Crippen LogP contribution >= 0.6 is 0 Å². The zero-order valence-electron chi connectivity index (χ0n) is 11.3. The molecule has 1 amide bonds. The summed E-state index contributed by atoms with van der Waals surface area (Å²) in [6.07, 6.45) is 2.81. The minimum atomic E-state index is -0.592. The van der Waals surface area contributed by atoms with Crippen LogP contribution in [0.5, 0.6) is 0 Å².